The van der Waals surface area contributed by atoms with E-state index in [9.17, 15) is 9.59 Å². The second kappa shape index (κ2) is 8.41. The summed E-state index contributed by atoms with van der Waals surface area (Å²) in [5, 5.41) is 2.80. The Morgan fingerprint density at radius 2 is 1.82 bits per heavy atom. The molecule has 0 saturated carbocycles. The Hall–Kier alpha value is -2.99. The maximum absolute atomic E-state index is 13.5. The number of hydrogen-bond acceptors (Lipinski definition) is 4. The minimum atomic E-state index is -0.462. The van der Waals surface area contributed by atoms with Crippen molar-refractivity contribution in [1.82, 2.24) is 5.32 Å². The smallest absolute Gasteiger partial charge is 0.270 e. The number of aryl methyl sites for hydroxylation is 2. The van der Waals surface area contributed by atoms with Crippen LogP contribution in [0.1, 0.15) is 62.3 Å². The number of carbonyl (C=O) groups is 2. The van der Waals surface area contributed by atoms with Crippen LogP contribution >= 0.6 is 12.2 Å². The van der Waals surface area contributed by atoms with Crippen molar-refractivity contribution in [3.63, 3.8) is 0 Å². The number of carbonyl (C=O) groups excluding carboxylic acids is 2. The van der Waals surface area contributed by atoms with Crippen molar-refractivity contribution in [3.8, 4) is 0 Å². The zero-order valence-corrected chi connectivity index (χ0v) is 21.0. The maximum Gasteiger partial charge on any atom is 0.270 e. The zero-order chi connectivity index (χ0) is 24.1. The summed E-state index contributed by atoms with van der Waals surface area (Å²) in [5.74, 6) is -0.488. The normalized spacial score (nSPS) is 21.3. The molecule has 1 saturated heterocycles. The molecular formula is C27H31N3O2S. The summed E-state index contributed by atoms with van der Waals surface area (Å²) in [4.78, 5) is 30.1. The predicted molar refractivity (Wildman–Crippen MR) is 139 cm³/mol. The molecule has 0 radical (unpaired) electrons. The van der Waals surface area contributed by atoms with Crippen molar-refractivity contribution in [3.05, 3.63) is 64.2 Å². The highest BCUT2D eigenvalue weighted by molar-refractivity contribution is 7.80. The number of benzene rings is 2. The highest BCUT2D eigenvalue weighted by atomic mass is 32.1. The molecule has 4 rings (SSSR count). The Labute approximate surface area is 201 Å². The van der Waals surface area contributed by atoms with Crippen LogP contribution in [0, 0.1) is 13.8 Å². The van der Waals surface area contributed by atoms with Crippen LogP contribution in [-0.2, 0) is 9.59 Å². The van der Waals surface area contributed by atoms with E-state index in [1.807, 2.05) is 38.1 Å². The van der Waals surface area contributed by atoms with Crippen molar-refractivity contribution in [1.29, 1.82) is 0 Å². The quantitative estimate of drug-likeness (QED) is 0.386. The first-order valence-corrected chi connectivity index (χ1v) is 11.8. The van der Waals surface area contributed by atoms with E-state index in [2.05, 4.69) is 50.0 Å². The summed E-state index contributed by atoms with van der Waals surface area (Å²) in [7, 11) is 0. The number of anilines is 2. The standard InChI is InChI=1S/C27H31N3O2S/c1-7-29-23-12-17(3)19(13-20(23)18(4)15-27(29,5)6)14-21-24(31)28-26(33)30(25(21)32)22-11-9-8-10-16(22)2/h8-14,18H,7,15H2,1-6H3,(H,28,31,33)/b21-14+. The molecule has 172 valence electrons. The molecular weight excluding hydrogens is 430 g/mol. The van der Waals surface area contributed by atoms with Crippen molar-refractivity contribution in [2.24, 2.45) is 0 Å². The van der Waals surface area contributed by atoms with Gasteiger partial charge < -0.3 is 4.90 Å². The molecule has 0 aliphatic carbocycles. The van der Waals surface area contributed by atoms with Gasteiger partial charge in [-0.05, 0) is 106 Å². The van der Waals surface area contributed by atoms with E-state index >= 15 is 0 Å². The molecule has 2 amide bonds. The van der Waals surface area contributed by atoms with Crippen molar-refractivity contribution in [2.75, 3.05) is 16.3 Å². The average Bonchev–Trinajstić information content (AvgIpc) is 2.72. The van der Waals surface area contributed by atoms with E-state index in [0.29, 0.717) is 11.6 Å². The Bertz CT molecular complexity index is 1200. The van der Waals surface area contributed by atoms with Crippen LogP contribution in [0.2, 0.25) is 0 Å². The number of nitrogens with one attached hydrogen (secondary N) is 1. The van der Waals surface area contributed by atoms with Gasteiger partial charge in [-0.15, -0.1) is 0 Å². The third-order valence-electron chi connectivity index (χ3n) is 6.85. The van der Waals surface area contributed by atoms with E-state index in [1.165, 1.54) is 16.2 Å². The number of rotatable bonds is 3. The fourth-order valence-corrected chi connectivity index (χ4v) is 5.52. The van der Waals surface area contributed by atoms with Crippen molar-refractivity contribution >= 4 is 46.6 Å². The fraction of sp³-hybridized carbons (Fsp3) is 0.370. The van der Waals surface area contributed by atoms with E-state index in [1.54, 1.807) is 6.08 Å². The van der Waals surface area contributed by atoms with Gasteiger partial charge in [0.2, 0.25) is 0 Å². The van der Waals surface area contributed by atoms with Gasteiger partial charge in [-0.3, -0.25) is 19.8 Å². The minimum Gasteiger partial charge on any atom is -0.366 e. The monoisotopic (exact) mass is 461 g/mol. The highest BCUT2D eigenvalue weighted by Crippen LogP contribution is 2.44. The van der Waals surface area contributed by atoms with Gasteiger partial charge in [0.1, 0.15) is 5.57 Å². The second-order valence-corrected chi connectivity index (χ2v) is 10.1. The third-order valence-corrected chi connectivity index (χ3v) is 7.13. The summed E-state index contributed by atoms with van der Waals surface area (Å²) in [6.45, 7) is 13.9. The van der Waals surface area contributed by atoms with Crippen molar-refractivity contribution in [2.45, 2.75) is 59.4 Å². The molecule has 0 spiro atoms. The Balaban J connectivity index is 1.79. The highest BCUT2D eigenvalue weighted by Gasteiger charge is 2.37. The maximum atomic E-state index is 13.5. The SMILES string of the molecule is CCN1c2cc(C)c(/C=C3\C(=O)NC(=S)N(c4ccccc4C)C3=O)cc2C(C)CC1(C)C. The van der Waals surface area contributed by atoms with E-state index in [-0.39, 0.29) is 16.2 Å². The van der Waals surface area contributed by atoms with E-state index in [4.69, 9.17) is 12.2 Å². The van der Waals surface area contributed by atoms with Crippen LogP contribution in [0.25, 0.3) is 6.08 Å². The number of para-hydroxylation sites is 1. The summed E-state index contributed by atoms with van der Waals surface area (Å²) in [5.41, 5.74) is 6.15. The first-order chi connectivity index (χ1) is 15.5. The van der Waals surface area contributed by atoms with Crippen LogP contribution in [0.15, 0.2) is 42.0 Å². The van der Waals surface area contributed by atoms with Gasteiger partial charge in [0.15, 0.2) is 5.11 Å². The number of amides is 2. The molecule has 1 unspecified atom stereocenters. The number of hydrogen-bond donors (Lipinski definition) is 1. The molecule has 5 nitrogen and oxygen atoms in total. The minimum absolute atomic E-state index is 0.0799. The van der Waals surface area contributed by atoms with Crippen LogP contribution in [0.3, 0.4) is 0 Å². The molecule has 2 aliphatic heterocycles. The van der Waals surface area contributed by atoms with Gasteiger partial charge in [0, 0.05) is 17.8 Å². The predicted octanol–water partition coefficient (Wildman–Crippen LogP) is 5.25. The second-order valence-electron chi connectivity index (χ2n) is 9.67. The summed E-state index contributed by atoms with van der Waals surface area (Å²) in [6.07, 6.45) is 2.75. The number of nitrogens with zero attached hydrogens (tertiary/aromatic N) is 2. The van der Waals surface area contributed by atoms with Gasteiger partial charge in [-0.2, -0.15) is 0 Å². The molecule has 0 aromatic heterocycles. The first-order valence-electron chi connectivity index (χ1n) is 11.4. The Morgan fingerprint density at radius 3 is 2.48 bits per heavy atom. The topological polar surface area (TPSA) is 52.7 Å². The van der Waals surface area contributed by atoms with E-state index < -0.39 is 11.8 Å². The lowest BCUT2D eigenvalue weighted by atomic mass is 9.79. The molecule has 2 aromatic rings. The summed E-state index contributed by atoms with van der Waals surface area (Å²) >= 11 is 5.35. The lowest BCUT2D eigenvalue weighted by molar-refractivity contribution is -0.122. The van der Waals surface area contributed by atoms with Gasteiger partial charge in [-0.25, -0.2) is 0 Å². The van der Waals surface area contributed by atoms with Crippen LogP contribution < -0.4 is 15.1 Å². The molecule has 2 heterocycles. The molecule has 2 aliphatic rings. The van der Waals surface area contributed by atoms with Gasteiger partial charge >= 0.3 is 0 Å². The van der Waals surface area contributed by atoms with Crippen molar-refractivity contribution < 1.29 is 9.59 Å². The number of fused-ring (bicyclic) bond motifs is 1. The molecule has 6 heteroatoms. The lowest BCUT2D eigenvalue weighted by Gasteiger charge is -2.47. The van der Waals surface area contributed by atoms with E-state index in [0.717, 1.165) is 29.7 Å². The molecule has 1 N–H and O–H groups in total. The molecule has 1 atom stereocenters. The Morgan fingerprint density at radius 1 is 1.12 bits per heavy atom. The molecule has 2 aromatic carbocycles. The van der Waals surface area contributed by atoms with Gasteiger partial charge in [-0.1, -0.05) is 25.1 Å². The largest absolute Gasteiger partial charge is 0.366 e. The Kier molecular flexibility index (Phi) is 5.91. The van der Waals surface area contributed by atoms with Crippen LogP contribution in [0.5, 0.6) is 0 Å². The molecule has 33 heavy (non-hydrogen) atoms. The number of thiocarbonyl (C=S) groups is 1. The summed E-state index contributed by atoms with van der Waals surface area (Å²) in [6, 6.07) is 11.9. The van der Waals surface area contributed by atoms with Gasteiger partial charge in [0.25, 0.3) is 11.8 Å². The van der Waals surface area contributed by atoms with Gasteiger partial charge in [0.05, 0.1) is 5.69 Å². The third kappa shape index (κ3) is 3.97. The summed E-state index contributed by atoms with van der Waals surface area (Å²) < 4.78 is 0. The van der Waals surface area contributed by atoms with Crippen LogP contribution in [0.4, 0.5) is 11.4 Å². The fourth-order valence-electron chi connectivity index (χ4n) is 5.25. The first kappa shape index (κ1) is 23.2. The van der Waals surface area contributed by atoms with Crippen LogP contribution in [-0.4, -0.2) is 29.0 Å². The lowest BCUT2D eigenvalue weighted by Crippen LogP contribution is -2.54. The zero-order valence-electron chi connectivity index (χ0n) is 20.2. The molecule has 0 bridgehead atoms. The molecule has 1 fully saturated rings. The average molecular weight is 462 g/mol.